The number of hydrogen-bond donors (Lipinski definition) is 0. The molecule has 0 N–H and O–H groups in total. The van der Waals surface area contributed by atoms with Gasteiger partial charge in [0, 0.05) is 25.7 Å². The lowest BCUT2D eigenvalue weighted by Gasteiger charge is -2.14. The fourth-order valence-corrected chi connectivity index (χ4v) is 7.76. The van der Waals surface area contributed by atoms with Crippen molar-refractivity contribution >= 4 is 23.9 Å². The Hall–Kier alpha value is -2.12. The first kappa shape index (κ1) is 64.0. The van der Waals surface area contributed by atoms with Gasteiger partial charge >= 0.3 is 23.9 Å². The Balaban J connectivity index is 0. The van der Waals surface area contributed by atoms with E-state index >= 15 is 0 Å². The number of carbonyl (C=O) groups is 4. The summed E-state index contributed by atoms with van der Waals surface area (Å²) in [6.45, 7) is 19.6. The van der Waals surface area contributed by atoms with E-state index in [4.69, 9.17) is 18.9 Å². The summed E-state index contributed by atoms with van der Waals surface area (Å²) in [6, 6.07) is 0. The monoisotopic (exact) mass is 909 g/mol. The predicted octanol–water partition coefficient (Wildman–Crippen LogP) is 16.8. The first-order chi connectivity index (χ1) is 31.0. The third-order valence-electron chi connectivity index (χ3n) is 12.5. The van der Waals surface area contributed by atoms with E-state index in [2.05, 4.69) is 55.4 Å². The van der Waals surface area contributed by atoms with Crippen LogP contribution in [0.15, 0.2) is 0 Å². The summed E-state index contributed by atoms with van der Waals surface area (Å²) in [5.41, 5.74) is 0. The van der Waals surface area contributed by atoms with Crippen LogP contribution in [0.1, 0.15) is 287 Å². The smallest absolute Gasteiger partial charge is 0.306 e. The molecule has 0 radical (unpaired) electrons. The van der Waals surface area contributed by atoms with Crippen molar-refractivity contribution in [3.8, 4) is 0 Å². The summed E-state index contributed by atoms with van der Waals surface area (Å²) in [4.78, 5) is 47.1. The van der Waals surface area contributed by atoms with E-state index in [1.807, 2.05) is 0 Å². The Morgan fingerprint density at radius 1 is 0.312 bits per heavy atom. The molecule has 2 unspecified atom stereocenters. The second-order valence-electron chi connectivity index (χ2n) is 19.8. The quantitative estimate of drug-likeness (QED) is 0.0338. The van der Waals surface area contributed by atoms with Crippen LogP contribution >= 0.6 is 0 Å². The topological polar surface area (TPSA) is 105 Å². The van der Waals surface area contributed by atoms with E-state index in [-0.39, 0.29) is 23.9 Å². The van der Waals surface area contributed by atoms with Gasteiger partial charge in [-0.15, -0.1) is 0 Å². The van der Waals surface area contributed by atoms with Crippen molar-refractivity contribution in [1.29, 1.82) is 0 Å². The van der Waals surface area contributed by atoms with Gasteiger partial charge in [0.2, 0.25) is 0 Å². The highest BCUT2D eigenvalue weighted by atomic mass is 16.5. The molecule has 0 heterocycles. The van der Waals surface area contributed by atoms with Gasteiger partial charge in [0.25, 0.3) is 0 Å². The second-order valence-corrected chi connectivity index (χ2v) is 19.8. The number of ether oxygens (including phenoxy) is 4. The Bertz CT molecular complexity index is 1030. The van der Waals surface area contributed by atoms with E-state index < -0.39 is 0 Å². The highest BCUT2D eigenvalue weighted by molar-refractivity contribution is 5.70. The van der Waals surface area contributed by atoms with E-state index in [9.17, 15) is 19.2 Å². The molecular formula is C56H108O8. The van der Waals surface area contributed by atoms with Crippen LogP contribution in [0.2, 0.25) is 0 Å². The van der Waals surface area contributed by atoms with Crippen LogP contribution in [0.5, 0.6) is 0 Å². The molecule has 64 heavy (non-hydrogen) atoms. The fraction of sp³-hybridized carbons (Fsp3) is 0.929. The molecule has 0 aromatic rings. The third-order valence-corrected chi connectivity index (χ3v) is 12.5. The minimum atomic E-state index is -0.0287. The molecule has 0 spiro atoms. The van der Waals surface area contributed by atoms with Gasteiger partial charge in [-0.05, 0) is 75.0 Å². The molecule has 0 aliphatic heterocycles. The molecule has 0 amide bonds. The zero-order chi connectivity index (χ0) is 47.7. The lowest BCUT2D eigenvalue weighted by molar-refractivity contribution is -0.146. The number of esters is 4. The molecule has 8 heteroatoms. The molecule has 0 saturated heterocycles. The third kappa shape index (κ3) is 50.9. The van der Waals surface area contributed by atoms with Crippen LogP contribution in [-0.2, 0) is 38.1 Å². The Kier molecular flexibility index (Phi) is 50.3. The summed E-state index contributed by atoms with van der Waals surface area (Å²) in [5.74, 6) is 2.08. The van der Waals surface area contributed by atoms with Crippen molar-refractivity contribution in [3.05, 3.63) is 0 Å². The maximum absolute atomic E-state index is 11.9. The second kappa shape index (κ2) is 50.3. The number of carbonyl (C=O) groups excluding carboxylic acids is 4. The zero-order valence-electron chi connectivity index (χ0n) is 43.9. The molecule has 8 nitrogen and oxygen atoms in total. The Morgan fingerprint density at radius 2 is 0.594 bits per heavy atom. The van der Waals surface area contributed by atoms with Crippen LogP contribution in [-0.4, -0.2) is 50.3 Å². The molecule has 0 aromatic carbocycles. The average Bonchev–Trinajstić information content (AvgIpc) is 3.26. The highest BCUT2D eigenvalue weighted by Crippen LogP contribution is 2.21. The van der Waals surface area contributed by atoms with E-state index in [1.54, 1.807) is 0 Å². The van der Waals surface area contributed by atoms with Crippen molar-refractivity contribution in [2.45, 2.75) is 287 Å². The molecule has 2 atom stereocenters. The number of hydrogen-bond acceptors (Lipinski definition) is 8. The van der Waals surface area contributed by atoms with Crippen LogP contribution in [0, 0.1) is 23.7 Å². The summed E-state index contributed by atoms with van der Waals surface area (Å²) >= 11 is 0. The van der Waals surface area contributed by atoms with Crippen molar-refractivity contribution in [1.82, 2.24) is 0 Å². The van der Waals surface area contributed by atoms with Crippen molar-refractivity contribution in [2.24, 2.45) is 23.7 Å². The molecule has 0 aliphatic carbocycles. The summed E-state index contributed by atoms with van der Waals surface area (Å²) in [6.07, 6.45) is 40.0. The van der Waals surface area contributed by atoms with Gasteiger partial charge in [-0.25, -0.2) is 0 Å². The maximum atomic E-state index is 11.9. The standard InChI is InChI=1S/2C28H54O4/c1-6-26(23-28(30)32-22-20-25(4)5)17-15-13-11-9-7-8-10-12-14-16-18-27(29)31-21-19-24(2)3;1-4-7-19-23-31-27(29)22-18-16-14-12-10-9-11-13-15-17-21-26(6-3)25-28(30)32-24-20-8-5-2/h24-26H,6-23H2,1-5H3;26H,4-25H2,1-3H3. The molecule has 0 saturated carbocycles. The lowest BCUT2D eigenvalue weighted by Crippen LogP contribution is -2.13. The van der Waals surface area contributed by atoms with Crippen molar-refractivity contribution in [3.63, 3.8) is 0 Å². The first-order valence-electron chi connectivity index (χ1n) is 27.6. The van der Waals surface area contributed by atoms with Gasteiger partial charge in [0.15, 0.2) is 0 Å². The van der Waals surface area contributed by atoms with Crippen molar-refractivity contribution < 1.29 is 38.1 Å². The van der Waals surface area contributed by atoms with Gasteiger partial charge in [0.1, 0.15) is 0 Å². The zero-order valence-corrected chi connectivity index (χ0v) is 43.9. The van der Waals surface area contributed by atoms with Gasteiger partial charge < -0.3 is 18.9 Å². The molecule has 0 aliphatic rings. The number of rotatable bonds is 46. The molecule has 0 rings (SSSR count). The van der Waals surface area contributed by atoms with Crippen LogP contribution in [0.3, 0.4) is 0 Å². The van der Waals surface area contributed by atoms with Crippen LogP contribution in [0.4, 0.5) is 0 Å². The molecule has 380 valence electrons. The van der Waals surface area contributed by atoms with Crippen LogP contribution < -0.4 is 0 Å². The molecule has 0 fully saturated rings. The van der Waals surface area contributed by atoms with Crippen molar-refractivity contribution in [2.75, 3.05) is 26.4 Å². The van der Waals surface area contributed by atoms with Crippen LogP contribution in [0.25, 0.3) is 0 Å². The summed E-state index contributed by atoms with van der Waals surface area (Å²) in [7, 11) is 0. The Morgan fingerprint density at radius 3 is 0.906 bits per heavy atom. The molecular weight excluding hydrogens is 801 g/mol. The van der Waals surface area contributed by atoms with Gasteiger partial charge in [0.05, 0.1) is 26.4 Å². The minimum absolute atomic E-state index is 0.00295. The maximum Gasteiger partial charge on any atom is 0.306 e. The SMILES string of the molecule is CCC(CCCCCCCCCCCCC(=O)OCCC(C)C)CC(=O)OCCC(C)C.CCCCCOC(=O)CCCCCCCCCCCCC(CC)CC(=O)OCCCCC. The van der Waals surface area contributed by atoms with E-state index in [0.717, 1.165) is 103 Å². The summed E-state index contributed by atoms with van der Waals surface area (Å²) < 4.78 is 21.2. The number of unbranched alkanes of at least 4 members (excludes halogenated alkanes) is 22. The van der Waals surface area contributed by atoms with Gasteiger partial charge in [-0.1, -0.05) is 209 Å². The average molecular weight is 909 g/mol. The van der Waals surface area contributed by atoms with Gasteiger partial charge in [-0.2, -0.15) is 0 Å². The van der Waals surface area contributed by atoms with E-state index in [1.165, 1.54) is 103 Å². The first-order valence-corrected chi connectivity index (χ1v) is 27.6. The lowest BCUT2D eigenvalue weighted by atomic mass is 9.95. The highest BCUT2D eigenvalue weighted by Gasteiger charge is 2.14. The normalized spacial score (nSPS) is 12.2. The Labute approximate surface area is 397 Å². The molecule has 0 aromatic heterocycles. The fourth-order valence-electron chi connectivity index (χ4n) is 7.76. The largest absolute Gasteiger partial charge is 0.466 e. The van der Waals surface area contributed by atoms with Gasteiger partial charge in [-0.3, -0.25) is 19.2 Å². The van der Waals surface area contributed by atoms with E-state index in [0.29, 0.717) is 75.8 Å². The summed E-state index contributed by atoms with van der Waals surface area (Å²) in [5, 5.41) is 0. The molecule has 0 bridgehead atoms. The minimum Gasteiger partial charge on any atom is -0.466 e. The predicted molar refractivity (Wildman–Crippen MR) is 269 cm³/mol.